The van der Waals surface area contributed by atoms with Gasteiger partial charge in [0.05, 0.1) is 23.5 Å². The lowest BCUT2D eigenvalue weighted by atomic mass is 9.48. The van der Waals surface area contributed by atoms with Crippen LogP contribution in [0.4, 0.5) is 0 Å². The summed E-state index contributed by atoms with van der Waals surface area (Å²) in [6, 6.07) is 11.0. The van der Waals surface area contributed by atoms with Gasteiger partial charge in [-0.25, -0.2) is 0 Å². The molecule has 36 heavy (non-hydrogen) atoms. The first-order chi connectivity index (χ1) is 17.3. The van der Waals surface area contributed by atoms with E-state index in [9.17, 15) is 15.0 Å². The van der Waals surface area contributed by atoms with E-state index < -0.39 is 17.1 Å². The molecule has 1 spiro atoms. The molecule has 0 radical (unpaired) electrons. The van der Waals surface area contributed by atoms with E-state index in [1.807, 2.05) is 42.3 Å². The third kappa shape index (κ3) is 3.07. The Balaban J connectivity index is 1.26. The fourth-order valence-corrected chi connectivity index (χ4v) is 8.20. The van der Waals surface area contributed by atoms with Gasteiger partial charge in [-0.1, -0.05) is 29.8 Å². The highest BCUT2D eigenvalue weighted by atomic mass is 35.5. The Morgan fingerprint density at radius 2 is 2.06 bits per heavy atom. The van der Waals surface area contributed by atoms with E-state index in [0.717, 1.165) is 43.0 Å². The van der Waals surface area contributed by atoms with E-state index in [-0.39, 0.29) is 30.2 Å². The smallest absolute Gasteiger partial charge is 0.227 e. The van der Waals surface area contributed by atoms with E-state index in [4.69, 9.17) is 16.3 Å². The zero-order chi connectivity index (χ0) is 24.8. The number of hydrogen-bond donors (Lipinski definition) is 2. The lowest BCUT2D eigenvalue weighted by Gasteiger charge is -2.64. The normalized spacial score (nSPS) is 34.1. The summed E-state index contributed by atoms with van der Waals surface area (Å²) in [5, 5.41) is 24.0. The predicted molar refractivity (Wildman–Crippen MR) is 137 cm³/mol. The number of amides is 1. The Bertz CT molecular complexity index is 1250. The van der Waals surface area contributed by atoms with Gasteiger partial charge in [0.1, 0.15) is 6.10 Å². The largest absolute Gasteiger partial charge is 0.504 e. The minimum Gasteiger partial charge on any atom is -0.504 e. The van der Waals surface area contributed by atoms with Crippen molar-refractivity contribution in [2.24, 2.45) is 5.92 Å². The SMILES string of the molecule is CN(C(=O)Cc1cccc(Cl)c1)C1CC[C@@]2(O)[C@H]3Cc4ccc(O)c5c4[C@@]2(CCN3CC2CC2)C1O5. The van der Waals surface area contributed by atoms with E-state index in [0.29, 0.717) is 23.6 Å². The second-order valence-electron chi connectivity index (χ2n) is 11.7. The van der Waals surface area contributed by atoms with E-state index in [1.54, 1.807) is 6.07 Å². The van der Waals surface area contributed by atoms with Crippen molar-refractivity contribution in [2.75, 3.05) is 20.1 Å². The number of aliphatic hydroxyl groups is 1. The van der Waals surface area contributed by atoms with Gasteiger partial charge in [-0.2, -0.15) is 0 Å². The predicted octanol–water partition coefficient (Wildman–Crippen LogP) is 3.68. The highest BCUT2D eigenvalue weighted by molar-refractivity contribution is 6.30. The van der Waals surface area contributed by atoms with E-state index in [1.165, 1.54) is 18.4 Å². The molecule has 3 aliphatic carbocycles. The molecule has 2 aromatic rings. The van der Waals surface area contributed by atoms with Gasteiger partial charge in [-0.05, 0) is 80.3 Å². The highest BCUT2D eigenvalue weighted by Crippen LogP contribution is 2.66. The Labute approximate surface area is 216 Å². The number of aromatic hydroxyl groups is 1. The average molecular weight is 509 g/mol. The molecule has 7 heteroatoms. The second-order valence-corrected chi connectivity index (χ2v) is 12.1. The Morgan fingerprint density at radius 1 is 1.22 bits per heavy atom. The van der Waals surface area contributed by atoms with Crippen molar-refractivity contribution in [3.63, 3.8) is 0 Å². The Morgan fingerprint density at radius 3 is 2.83 bits per heavy atom. The van der Waals surface area contributed by atoms with Crippen molar-refractivity contribution in [3.8, 4) is 11.5 Å². The number of rotatable bonds is 5. The number of carbonyl (C=O) groups is 1. The number of piperidine rings is 1. The molecule has 1 amide bonds. The third-order valence-corrected chi connectivity index (χ3v) is 10.1. The molecule has 2 N–H and O–H groups in total. The van der Waals surface area contributed by atoms with Crippen LogP contribution in [-0.4, -0.2) is 69.8 Å². The van der Waals surface area contributed by atoms with Crippen LogP contribution in [0.1, 0.15) is 48.8 Å². The summed E-state index contributed by atoms with van der Waals surface area (Å²) in [5.74, 6) is 1.41. The van der Waals surface area contributed by atoms with Gasteiger partial charge in [0.15, 0.2) is 11.5 Å². The molecule has 2 heterocycles. The van der Waals surface area contributed by atoms with Crippen LogP contribution in [0, 0.1) is 5.92 Å². The quantitative estimate of drug-likeness (QED) is 0.644. The molecule has 1 saturated heterocycles. The molecule has 2 aliphatic heterocycles. The molecule has 190 valence electrons. The number of likely N-dealkylation sites (N-methyl/N-ethyl adjacent to an activating group) is 1. The first-order valence-electron chi connectivity index (χ1n) is 13.3. The molecular formula is C29H33ClN2O4. The molecular weight excluding hydrogens is 476 g/mol. The summed E-state index contributed by atoms with van der Waals surface area (Å²) in [6.07, 6.45) is 5.27. The molecule has 2 saturated carbocycles. The molecule has 2 aromatic carbocycles. The van der Waals surface area contributed by atoms with Gasteiger partial charge in [-0.15, -0.1) is 0 Å². The molecule has 6 nitrogen and oxygen atoms in total. The van der Waals surface area contributed by atoms with Crippen LogP contribution in [0.25, 0.3) is 0 Å². The number of likely N-dealkylation sites (tertiary alicyclic amines) is 1. The number of benzene rings is 2. The van der Waals surface area contributed by atoms with Crippen molar-refractivity contribution >= 4 is 17.5 Å². The topological polar surface area (TPSA) is 73.2 Å². The van der Waals surface area contributed by atoms with Crippen LogP contribution in [0.5, 0.6) is 11.5 Å². The summed E-state index contributed by atoms with van der Waals surface area (Å²) in [7, 11) is 1.86. The number of ether oxygens (including phenoxy) is 1. The van der Waals surface area contributed by atoms with Gasteiger partial charge in [0, 0.05) is 30.2 Å². The lowest BCUT2D eigenvalue weighted by Crippen LogP contribution is -2.78. The van der Waals surface area contributed by atoms with Crippen LogP contribution in [0.15, 0.2) is 36.4 Å². The zero-order valence-corrected chi connectivity index (χ0v) is 21.4. The first-order valence-corrected chi connectivity index (χ1v) is 13.7. The zero-order valence-electron chi connectivity index (χ0n) is 20.6. The van der Waals surface area contributed by atoms with Gasteiger partial charge in [-0.3, -0.25) is 9.69 Å². The number of phenols is 1. The standard InChI is InChI=1S/C29H33ClN2O4/c1-31(24(34)14-18-3-2-4-20(30)13-18)21-9-10-29(35)23-15-19-7-8-22(33)26-25(19)28(29,27(21)36-26)11-12-32(23)16-17-5-6-17/h2-4,7-8,13,17,21,23,27,33,35H,5-6,9-12,14-16H2,1H3/t21?,23-,27?,28+,29-/m1/s1. The second kappa shape index (κ2) is 7.86. The van der Waals surface area contributed by atoms with Crippen LogP contribution >= 0.6 is 11.6 Å². The van der Waals surface area contributed by atoms with Gasteiger partial charge >= 0.3 is 0 Å². The van der Waals surface area contributed by atoms with Gasteiger partial charge in [0.25, 0.3) is 0 Å². The van der Waals surface area contributed by atoms with Gasteiger partial charge in [0.2, 0.25) is 5.91 Å². The van der Waals surface area contributed by atoms with Crippen molar-refractivity contribution in [1.82, 2.24) is 9.80 Å². The van der Waals surface area contributed by atoms with Crippen molar-refractivity contribution < 1.29 is 19.7 Å². The maximum absolute atomic E-state index is 13.5. The third-order valence-electron chi connectivity index (χ3n) is 9.87. The van der Waals surface area contributed by atoms with Crippen LogP contribution < -0.4 is 4.74 Å². The maximum atomic E-state index is 13.5. The molecule has 7 rings (SSSR count). The minimum absolute atomic E-state index is 0.00615. The summed E-state index contributed by atoms with van der Waals surface area (Å²) >= 11 is 6.15. The van der Waals surface area contributed by atoms with Crippen LogP contribution in [0.3, 0.4) is 0 Å². The Hall–Kier alpha value is -2.28. The molecule has 5 aliphatic rings. The van der Waals surface area contributed by atoms with Crippen LogP contribution in [0.2, 0.25) is 5.02 Å². The molecule has 2 bridgehead atoms. The van der Waals surface area contributed by atoms with E-state index in [2.05, 4.69) is 4.90 Å². The molecule has 0 aromatic heterocycles. The number of phenolic OH excluding ortho intramolecular Hbond substituents is 1. The van der Waals surface area contributed by atoms with Gasteiger partial charge < -0.3 is 19.8 Å². The van der Waals surface area contributed by atoms with Crippen LogP contribution in [-0.2, 0) is 23.1 Å². The van der Waals surface area contributed by atoms with Crippen molar-refractivity contribution in [1.29, 1.82) is 0 Å². The lowest BCUT2D eigenvalue weighted by molar-refractivity contribution is -0.200. The number of nitrogens with zero attached hydrogens (tertiary/aromatic N) is 2. The highest BCUT2D eigenvalue weighted by Gasteiger charge is 2.73. The molecule has 5 atom stereocenters. The minimum atomic E-state index is -0.940. The van der Waals surface area contributed by atoms with Crippen molar-refractivity contribution in [3.05, 3.63) is 58.1 Å². The van der Waals surface area contributed by atoms with Crippen molar-refractivity contribution in [2.45, 2.75) is 74.1 Å². The maximum Gasteiger partial charge on any atom is 0.227 e. The molecule has 3 fully saturated rings. The number of halogens is 1. The average Bonchev–Trinajstić information content (AvgIpc) is 3.59. The summed E-state index contributed by atoms with van der Waals surface area (Å²) in [5.41, 5.74) is 1.50. The monoisotopic (exact) mass is 508 g/mol. The number of carbonyl (C=O) groups excluding carboxylic acids is 1. The molecule has 2 unspecified atom stereocenters. The fraction of sp³-hybridized carbons (Fsp3) is 0.552. The fourth-order valence-electron chi connectivity index (χ4n) is 7.98. The number of hydrogen-bond acceptors (Lipinski definition) is 5. The Kier molecular flexibility index (Phi) is 5.00. The first kappa shape index (κ1) is 22.9. The van der Waals surface area contributed by atoms with E-state index >= 15 is 0 Å². The summed E-state index contributed by atoms with van der Waals surface area (Å²) in [4.78, 5) is 17.8. The summed E-state index contributed by atoms with van der Waals surface area (Å²) < 4.78 is 6.61. The summed E-state index contributed by atoms with van der Waals surface area (Å²) in [6.45, 7) is 1.96.